The molecule has 114 valence electrons. The van der Waals surface area contributed by atoms with Crippen molar-refractivity contribution in [3.05, 3.63) is 23.4 Å². The first-order valence-electron chi connectivity index (χ1n) is 7.22. The maximum atomic E-state index is 9.43. The summed E-state index contributed by atoms with van der Waals surface area (Å²) in [6, 6.07) is 3.97. The Morgan fingerprint density at radius 1 is 1.10 bits per heavy atom. The van der Waals surface area contributed by atoms with Gasteiger partial charge in [-0.3, -0.25) is 0 Å². The summed E-state index contributed by atoms with van der Waals surface area (Å²) in [5.74, 6) is 0.945. The fraction of sp³-hybridized carbons (Fsp3) is 0.688. The largest absolute Gasteiger partial charge is 0.392 e. The first-order valence-corrected chi connectivity index (χ1v) is 7.22. The van der Waals surface area contributed by atoms with E-state index in [-0.39, 0.29) is 12.0 Å². The Morgan fingerprint density at radius 2 is 1.75 bits per heavy atom. The van der Waals surface area contributed by atoms with Crippen LogP contribution in [0.15, 0.2) is 12.1 Å². The monoisotopic (exact) mass is 279 g/mol. The number of rotatable bonds is 6. The molecule has 0 aliphatic heterocycles. The van der Waals surface area contributed by atoms with Crippen molar-refractivity contribution in [2.75, 3.05) is 39.1 Å². The average molecular weight is 279 g/mol. The summed E-state index contributed by atoms with van der Waals surface area (Å²) in [5.41, 5.74) is 1.95. The van der Waals surface area contributed by atoms with Crippen LogP contribution in [0.5, 0.6) is 0 Å². The lowest BCUT2D eigenvalue weighted by atomic mass is 9.91. The molecule has 0 amide bonds. The van der Waals surface area contributed by atoms with Gasteiger partial charge in [-0.1, -0.05) is 20.8 Å². The van der Waals surface area contributed by atoms with Crippen LogP contribution in [0.1, 0.15) is 38.4 Å². The number of hydrogen-bond donors (Lipinski definition) is 1. The predicted molar refractivity (Wildman–Crippen MR) is 85.3 cm³/mol. The zero-order chi connectivity index (χ0) is 15.3. The molecule has 0 bridgehead atoms. The Labute approximate surface area is 123 Å². The van der Waals surface area contributed by atoms with Crippen LogP contribution in [-0.4, -0.2) is 49.2 Å². The Balaban J connectivity index is 2.88. The molecule has 0 fully saturated rings. The minimum Gasteiger partial charge on any atom is -0.392 e. The standard InChI is InChI=1S/C16H29N3O/c1-16(2,3)14-10-13(12-20)11-15(17-14)19(6)9-7-8-18(4)5/h10-11,20H,7-9,12H2,1-6H3. The summed E-state index contributed by atoms with van der Waals surface area (Å²) in [7, 11) is 6.23. The van der Waals surface area contributed by atoms with Gasteiger partial charge in [-0.2, -0.15) is 0 Å². The van der Waals surface area contributed by atoms with Gasteiger partial charge in [0.25, 0.3) is 0 Å². The van der Waals surface area contributed by atoms with Gasteiger partial charge in [0.15, 0.2) is 0 Å². The first kappa shape index (κ1) is 16.9. The van der Waals surface area contributed by atoms with Crippen molar-refractivity contribution in [1.82, 2.24) is 9.88 Å². The third-order valence-electron chi connectivity index (χ3n) is 3.31. The van der Waals surface area contributed by atoms with Crippen molar-refractivity contribution in [2.24, 2.45) is 0 Å². The lowest BCUT2D eigenvalue weighted by Gasteiger charge is -2.24. The van der Waals surface area contributed by atoms with Crippen LogP contribution in [0.2, 0.25) is 0 Å². The van der Waals surface area contributed by atoms with E-state index in [1.165, 1.54) is 0 Å². The normalized spacial score (nSPS) is 12.0. The number of pyridine rings is 1. The molecule has 0 spiro atoms. The second-order valence-electron chi connectivity index (χ2n) is 6.71. The molecule has 1 N–H and O–H groups in total. The molecule has 1 aromatic heterocycles. The summed E-state index contributed by atoms with van der Waals surface area (Å²) in [6.45, 7) is 8.52. The van der Waals surface area contributed by atoms with Gasteiger partial charge < -0.3 is 14.9 Å². The quantitative estimate of drug-likeness (QED) is 0.867. The Kier molecular flexibility index (Phi) is 5.96. The summed E-state index contributed by atoms with van der Waals surface area (Å²) in [6.07, 6.45) is 1.10. The molecule has 0 unspecified atom stereocenters. The summed E-state index contributed by atoms with van der Waals surface area (Å²) in [4.78, 5) is 9.10. The first-order chi connectivity index (χ1) is 9.24. The van der Waals surface area contributed by atoms with Gasteiger partial charge in [0, 0.05) is 24.7 Å². The van der Waals surface area contributed by atoms with Gasteiger partial charge in [-0.25, -0.2) is 4.98 Å². The molecule has 1 rings (SSSR count). The van der Waals surface area contributed by atoms with E-state index < -0.39 is 0 Å². The third kappa shape index (κ3) is 5.10. The van der Waals surface area contributed by atoms with Gasteiger partial charge >= 0.3 is 0 Å². The maximum absolute atomic E-state index is 9.43. The van der Waals surface area contributed by atoms with E-state index in [0.29, 0.717) is 0 Å². The predicted octanol–water partition coefficient (Wildman–Crippen LogP) is 2.26. The number of anilines is 1. The van der Waals surface area contributed by atoms with Gasteiger partial charge in [-0.05, 0) is 44.8 Å². The smallest absolute Gasteiger partial charge is 0.128 e. The lowest BCUT2D eigenvalue weighted by molar-refractivity contribution is 0.281. The highest BCUT2D eigenvalue weighted by Gasteiger charge is 2.18. The second-order valence-corrected chi connectivity index (χ2v) is 6.71. The number of nitrogens with zero attached hydrogens (tertiary/aromatic N) is 3. The highest BCUT2D eigenvalue weighted by Crippen LogP contribution is 2.24. The number of hydrogen-bond acceptors (Lipinski definition) is 4. The zero-order valence-corrected chi connectivity index (χ0v) is 13.8. The molecule has 0 aliphatic carbocycles. The van der Waals surface area contributed by atoms with Gasteiger partial charge in [-0.15, -0.1) is 0 Å². The number of aliphatic hydroxyl groups is 1. The van der Waals surface area contributed by atoms with E-state index in [1.807, 2.05) is 12.1 Å². The molecule has 1 aromatic rings. The summed E-state index contributed by atoms with van der Waals surface area (Å²) < 4.78 is 0. The molecule has 0 aromatic carbocycles. The fourth-order valence-electron chi connectivity index (χ4n) is 1.98. The second kappa shape index (κ2) is 7.04. The van der Waals surface area contributed by atoms with E-state index in [9.17, 15) is 5.11 Å². The molecule has 4 nitrogen and oxygen atoms in total. The molecular formula is C16H29N3O. The molecule has 0 saturated carbocycles. The third-order valence-corrected chi connectivity index (χ3v) is 3.31. The fourth-order valence-corrected chi connectivity index (χ4v) is 1.98. The van der Waals surface area contributed by atoms with Crippen LogP contribution in [0.25, 0.3) is 0 Å². The minimum absolute atomic E-state index is 0.00952. The zero-order valence-electron chi connectivity index (χ0n) is 13.8. The molecule has 20 heavy (non-hydrogen) atoms. The SMILES string of the molecule is CN(C)CCCN(C)c1cc(CO)cc(C(C)(C)C)n1. The Bertz CT molecular complexity index is 424. The molecule has 0 saturated heterocycles. The van der Waals surface area contributed by atoms with Gasteiger partial charge in [0.2, 0.25) is 0 Å². The average Bonchev–Trinajstić information content (AvgIpc) is 2.36. The Morgan fingerprint density at radius 3 is 2.25 bits per heavy atom. The van der Waals surface area contributed by atoms with Crippen molar-refractivity contribution in [3.63, 3.8) is 0 Å². The van der Waals surface area contributed by atoms with Gasteiger partial charge in [0.05, 0.1) is 6.61 Å². The molecule has 0 atom stereocenters. The summed E-state index contributed by atoms with van der Waals surface area (Å²) >= 11 is 0. The van der Waals surface area contributed by atoms with E-state index in [2.05, 4.69) is 51.7 Å². The van der Waals surface area contributed by atoms with Crippen molar-refractivity contribution in [2.45, 2.75) is 39.2 Å². The molecule has 1 heterocycles. The number of aromatic nitrogens is 1. The van der Waals surface area contributed by atoms with Crippen LogP contribution < -0.4 is 4.90 Å². The molecule has 0 radical (unpaired) electrons. The van der Waals surface area contributed by atoms with Crippen molar-refractivity contribution in [1.29, 1.82) is 0 Å². The topological polar surface area (TPSA) is 39.6 Å². The maximum Gasteiger partial charge on any atom is 0.128 e. The van der Waals surface area contributed by atoms with E-state index in [1.54, 1.807) is 0 Å². The van der Waals surface area contributed by atoms with Gasteiger partial charge in [0.1, 0.15) is 5.82 Å². The van der Waals surface area contributed by atoms with Crippen LogP contribution in [0.4, 0.5) is 5.82 Å². The van der Waals surface area contributed by atoms with E-state index >= 15 is 0 Å². The van der Waals surface area contributed by atoms with Crippen LogP contribution in [0, 0.1) is 0 Å². The summed E-state index contributed by atoms with van der Waals surface area (Å²) in [5, 5.41) is 9.43. The van der Waals surface area contributed by atoms with Crippen LogP contribution in [-0.2, 0) is 12.0 Å². The van der Waals surface area contributed by atoms with E-state index in [0.717, 1.165) is 36.6 Å². The number of aliphatic hydroxyl groups excluding tert-OH is 1. The Hall–Kier alpha value is -1.13. The molecule has 0 aliphatic rings. The van der Waals surface area contributed by atoms with Crippen LogP contribution in [0.3, 0.4) is 0 Å². The molecule has 4 heteroatoms. The van der Waals surface area contributed by atoms with Crippen LogP contribution >= 0.6 is 0 Å². The highest BCUT2D eigenvalue weighted by molar-refractivity contribution is 5.43. The minimum atomic E-state index is -0.00952. The van der Waals surface area contributed by atoms with E-state index in [4.69, 9.17) is 4.98 Å². The lowest BCUT2D eigenvalue weighted by Crippen LogP contribution is -2.25. The van der Waals surface area contributed by atoms with Crippen molar-refractivity contribution >= 4 is 5.82 Å². The molecular weight excluding hydrogens is 250 g/mol. The van der Waals surface area contributed by atoms with Crippen molar-refractivity contribution < 1.29 is 5.11 Å². The van der Waals surface area contributed by atoms with Crippen molar-refractivity contribution in [3.8, 4) is 0 Å². The highest BCUT2D eigenvalue weighted by atomic mass is 16.3.